The van der Waals surface area contributed by atoms with Crippen molar-refractivity contribution in [2.45, 2.75) is 26.3 Å². The van der Waals surface area contributed by atoms with Crippen molar-refractivity contribution in [3.05, 3.63) is 53.7 Å². The van der Waals surface area contributed by atoms with E-state index in [2.05, 4.69) is 26.9 Å². The van der Waals surface area contributed by atoms with Gasteiger partial charge in [0.1, 0.15) is 18.0 Å². The number of anilines is 1. The molecular weight excluding hydrogens is 293 g/mol. The van der Waals surface area contributed by atoms with Crippen LogP contribution in [0.3, 0.4) is 0 Å². The van der Waals surface area contributed by atoms with E-state index in [1.165, 1.54) is 12.4 Å². The maximum absolute atomic E-state index is 14.3. The van der Waals surface area contributed by atoms with E-state index in [0.29, 0.717) is 11.7 Å². The minimum absolute atomic E-state index is 0.000370. The number of aromatic nitrogens is 4. The Morgan fingerprint density at radius 3 is 2.91 bits per heavy atom. The third-order valence-corrected chi connectivity index (χ3v) is 4.43. The van der Waals surface area contributed by atoms with Gasteiger partial charge in [0.25, 0.3) is 5.78 Å². The lowest BCUT2D eigenvalue weighted by Gasteiger charge is -2.27. The van der Waals surface area contributed by atoms with E-state index < -0.39 is 0 Å². The summed E-state index contributed by atoms with van der Waals surface area (Å²) in [6, 6.07) is 9.01. The molecule has 23 heavy (non-hydrogen) atoms. The van der Waals surface area contributed by atoms with Crippen LogP contribution in [0.15, 0.2) is 36.7 Å². The van der Waals surface area contributed by atoms with E-state index >= 15 is 0 Å². The molecule has 1 aromatic carbocycles. The number of rotatable bonds is 2. The molecule has 1 saturated heterocycles. The molecule has 0 aliphatic carbocycles. The molecule has 0 radical (unpaired) electrons. The van der Waals surface area contributed by atoms with Gasteiger partial charge in [-0.15, -0.1) is 0 Å². The van der Waals surface area contributed by atoms with Crippen molar-refractivity contribution in [3.8, 4) is 0 Å². The molecule has 3 heterocycles. The lowest BCUT2D eigenvalue weighted by molar-refractivity contribution is 0.562. The quantitative estimate of drug-likeness (QED) is 0.729. The summed E-state index contributed by atoms with van der Waals surface area (Å²) >= 11 is 0. The highest BCUT2D eigenvalue weighted by atomic mass is 19.1. The smallest absolute Gasteiger partial charge is 0.254 e. The van der Waals surface area contributed by atoms with Gasteiger partial charge >= 0.3 is 0 Å². The van der Waals surface area contributed by atoms with Crippen LogP contribution >= 0.6 is 0 Å². The second kappa shape index (κ2) is 5.30. The van der Waals surface area contributed by atoms with E-state index in [4.69, 9.17) is 0 Å². The van der Waals surface area contributed by atoms with Crippen LogP contribution < -0.4 is 4.90 Å². The normalized spacial score (nSPS) is 21.3. The third kappa shape index (κ3) is 2.34. The molecule has 0 N–H and O–H groups in total. The molecule has 1 fully saturated rings. The van der Waals surface area contributed by atoms with E-state index in [9.17, 15) is 4.39 Å². The Balaban J connectivity index is 1.85. The Morgan fingerprint density at radius 2 is 2.09 bits per heavy atom. The summed E-state index contributed by atoms with van der Waals surface area (Å²) in [6.07, 6.45) is 2.42. The average Bonchev–Trinajstić information content (AvgIpc) is 3.13. The van der Waals surface area contributed by atoms with Gasteiger partial charge in [-0.25, -0.2) is 9.37 Å². The molecule has 1 aliphatic rings. The molecule has 3 aromatic rings. The van der Waals surface area contributed by atoms with Crippen molar-refractivity contribution in [2.24, 2.45) is 5.92 Å². The number of fused-ring (bicyclic) bond motifs is 1. The molecule has 2 unspecified atom stereocenters. The monoisotopic (exact) mass is 311 g/mol. The van der Waals surface area contributed by atoms with Crippen LogP contribution in [-0.2, 0) is 0 Å². The largest absolute Gasteiger partial charge is 0.349 e. The average molecular weight is 311 g/mol. The summed E-state index contributed by atoms with van der Waals surface area (Å²) in [5, 5.41) is 4.29. The highest BCUT2D eigenvalue weighted by Gasteiger charge is 2.34. The van der Waals surface area contributed by atoms with Crippen LogP contribution in [0.4, 0.5) is 10.2 Å². The summed E-state index contributed by atoms with van der Waals surface area (Å²) in [6.45, 7) is 4.99. The topological polar surface area (TPSA) is 46.3 Å². The Labute approximate surface area is 133 Å². The van der Waals surface area contributed by atoms with E-state index in [1.54, 1.807) is 10.6 Å². The first-order valence-electron chi connectivity index (χ1n) is 7.82. The van der Waals surface area contributed by atoms with Gasteiger partial charge in [-0.05, 0) is 25.3 Å². The molecule has 0 spiro atoms. The van der Waals surface area contributed by atoms with Crippen LogP contribution in [0.1, 0.15) is 30.6 Å². The molecule has 0 bridgehead atoms. The van der Waals surface area contributed by atoms with Crippen LogP contribution in [0, 0.1) is 18.7 Å². The summed E-state index contributed by atoms with van der Waals surface area (Å²) in [4.78, 5) is 10.8. The minimum atomic E-state index is -0.155. The van der Waals surface area contributed by atoms with Crippen molar-refractivity contribution < 1.29 is 4.39 Å². The van der Waals surface area contributed by atoms with Crippen molar-refractivity contribution >= 4 is 11.6 Å². The standard InChI is InChI=1S/C17H18FN5/c1-11-7-15(13-5-3-4-6-14(13)18)22(9-11)16-8-12(2)21-17-19-10-20-23(16)17/h3-6,8,10-11,15H,7,9H2,1-2H3. The number of halogens is 1. The van der Waals surface area contributed by atoms with E-state index in [0.717, 1.165) is 30.0 Å². The van der Waals surface area contributed by atoms with Gasteiger partial charge in [-0.2, -0.15) is 14.6 Å². The lowest BCUT2D eigenvalue weighted by Crippen LogP contribution is -2.26. The Bertz CT molecular complexity index is 859. The molecular formula is C17H18FN5. The second-order valence-electron chi connectivity index (χ2n) is 6.26. The van der Waals surface area contributed by atoms with Gasteiger partial charge in [-0.3, -0.25) is 0 Å². The van der Waals surface area contributed by atoms with Crippen LogP contribution in [0.2, 0.25) is 0 Å². The summed E-state index contributed by atoms with van der Waals surface area (Å²) in [5.74, 6) is 1.82. The highest BCUT2D eigenvalue weighted by molar-refractivity contribution is 5.50. The number of aryl methyl sites for hydroxylation is 1. The molecule has 6 heteroatoms. The van der Waals surface area contributed by atoms with Crippen molar-refractivity contribution in [1.82, 2.24) is 19.6 Å². The molecule has 2 aromatic heterocycles. The summed E-state index contributed by atoms with van der Waals surface area (Å²) in [7, 11) is 0. The predicted octanol–water partition coefficient (Wildman–Crippen LogP) is 3.16. The Hall–Kier alpha value is -2.50. The Kier molecular flexibility index (Phi) is 3.25. The minimum Gasteiger partial charge on any atom is -0.349 e. The number of nitrogens with zero attached hydrogens (tertiary/aromatic N) is 5. The first kappa shape index (κ1) is 14.1. The zero-order chi connectivity index (χ0) is 16.0. The molecule has 2 atom stereocenters. The maximum Gasteiger partial charge on any atom is 0.254 e. The number of hydrogen-bond acceptors (Lipinski definition) is 4. The Morgan fingerprint density at radius 1 is 1.26 bits per heavy atom. The number of hydrogen-bond donors (Lipinski definition) is 0. The molecule has 4 rings (SSSR count). The van der Waals surface area contributed by atoms with Crippen LogP contribution in [0.5, 0.6) is 0 Å². The van der Waals surface area contributed by atoms with Crippen molar-refractivity contribution in [2.75, 3.05) is 11.4 Å². The summed E-state index contributed by atoms with van der Waals surface area (Å²) < 4.78 is 16.1. The van der Waals surface area contributed by atoms with Gasteiger partial charge in [0, 0.05) is 23.9 Å². The zero-order valence-corrected chi connectivity index (χ0v) is 13.1. The fraction of sp³-hybridized carbons (Fsp3) is 0.353. The maximum atomic E-state index is 14.3. The molecule has 5 nitrogen and oxygen atoms in total. The SMILES string of the molecule is Cc1cc(N2CC(C)CC2c2ccccc2F)n2ncnc2n1. The van der Waals surface area contributed by atoms with Gasteiger partial charge < -0.3 is 4.90 Å². The van der Waals surface area contributed by atoms with Crippen molar-refractivity contribution in [3.63, 3.8) is 0 Å². The van der Waals surface area contributed by atoms with Crippen LogP contribution in [0.25, 0.3) is 5.78 Å². The highest BCUT2D eigenvalue weighted by Crippen LogP contribution is 2.39. The van der Waals surface area contributed by atoms with Crippen molar-refractivity contribution in [1.29, 1.82) is 0 Å². The molecule has 0 amide bonds. The van der Waals surface area contributed by atoms with Gasteiger partial charge in [0.15, 0.2) is 0 Å². The van der Waals surface area contributed by atoms with Gasteiger partial charge in [-0.1, -0.05) is 25.1 Å². The van der Waals surface area contributed by atoms with E-state index in [-0.39, 0.29) is 11.9 Å². The van der Waals surface area contributed by atoms with Gasteiger partial charge in [0.05, 0.1) is 6.04 Å². The third-order valence-electron chi connectivity index (χ3n) is 4.43. The van der Waals surface area contributed by atoms with Gasteiger partial charge in [0.2, 0.25) is 0 Å². The predicted molar refractivity (Wildman–Crippen MR) is 85.8 cm³/mol. The second-order valence-corrected chi connectivity index (χ2v) is 6.26. The molecule has 0 saturated carbocycles. The summed E-state index contributed by atoms with van der Waals surface area (Å²) in [5.41, 5.74) is 1.62. The van der Waals surface area contributed by atoms with E-state index in [1.807, 2.05) is 25.1 Å². The zero-order valence-electron chi connectivity index (χ0n) is 13.1. The number of benzene rings is 1. The lowest BCUT2D eigenvalue weighted by atomic mass is 10.0. The molecule has 118 valence electrons. The first-order valence-corrected chi connectivity index (χ1v) is 7.82. The first-order chi connectivity index (χ1) is 11.1. The molecule has 1 aliphatic heterocycles. The fourth-order valence-corrected chi connectivity index (χ4v) is 3.46. The van der Waals surface area contributed by atoms with Crippen LogP contribution in [-0.4, -0.2) is 26.1 Å². The fourth-order valence-electron chi connectivity index (χ4n) is 3.46.